The third kappa shape index (κ3) is 8.32. The molecule has 7 heteroatoms. The molecule has 0 bridgehead atoms. The van der Waals surface area contributed by atoms with E-state index in [1.54, 1.807) is 0 Å². The van der Waals surface area contributed by atoms with E-state index in [0.29, 0.717) is 16.0 Å². The molecule has 1 heterocycles. The zero-order valence-corrected chi connectivity index (χ0v) is 18.1. The van der Waals surface area contributed by atoms with Crippen molar-refractivity contribution in [2.45, 2.75) is 12.8 Å². The van der Waals surface area contributed by atoms with Gasteiger partial charge < -0.3 is 5.32 Å². The van der Waals surface area contributed by atoms with E-state index in [0.717, 1.165) is 42.8 Å². The van der Waals surface area contributed by atoms with Crippen molar-refractivity contribution in [3.05, 3.63) is 81.9 Å². The van der Waals surface area contributed by atoms with Crippen molar-refractivity contribution >= 4 is 59.4 Å². The number of nitrogens with one attached hydrogen (secondary N) is 2. The van der Waals surface area contributed by atoms with E-state index in [2.05, 4.69) is 20.8 Å². The molecule has 3 rings (SSSR count). The van der Waals surface area contributed by atoms with E-state index in [1.165, 1.54) is 0 Å². The predicted octanol–water partition coefficient (Wildman–Crippen LogP) is 5.83. The van der Waals surface area contributed by atoms with E-state index in [9.17, 15) is 0 Å². The molecule has 0 aliphatic carbocycles. The Balaban J connectivity index is 0.00000300. The second-order valence-corrected chi connectivity index (χ2v) is 7.16. The smallest absolute Gasteiger partial charge is 0.212 e. The van der Waals surface area contributed by atoms with Gasteiger partial charge in [-0.25, -0.2) is 5.43 Å². The van der Waals surface area contributed by atoms with Crippen LogP contribution in [0.2, 0.25) is 10.0 Å². The molecule has 1 aliphatic rings. The third-order valence-corrected chi connectivity index (χ3v) is 4.58. The number of hydrazone groups is 1. The average molecular weight is 450 g/mol. The minimum Gasteiger partial charge on any atom is -0.355 e. The molecule has 152 valence electrons. The lowest BCUT2D eigenvalue weighted by molar-refractivity contribution is 0.745. The fraction of sp³-hybridized carbons (Fsp3) is 0.182. The SMILES string of the molecule is Cl.Clc1ccc(/C=C/C(/C=C/c2ccc(Cl)cc2)=NNC2=NCCCCN2)cc1. The van der Waals surface area contributed by atoms with Crippen LogP contribution in [0.4, 0.5) is 0 Å². The van der Waals surface area contributed by atoms with Gasteiger partial charge >= 0.3 is 0 Å². The highest BCUT2D eigenvalue weighted by Crippen LogP contribution is 2.12. The number of nitrogens with zero attached hydrogens (tertiary/aromatic N) is 2. The first-order valence-corrected chi connectivity index (χ1v) is 9.94. The number of allylic oxidation sites excluding steroid dienone is 2. The maximum Gasteiger partial charge on any atom is 0.212 e. The van der Waals surface area contributed by atoms with Gasteiger partial charge in [-0.1, -0.05) is 59.6 Å². The lowest BCUT2D eigenvalue weighted by atomic mass is 10.1. The molecule has 0 radical (unpaired) electrons. The minimum atomic E-state index is 0. The summed E-state index contributed by atoms with van der Waals surface area (Å²) in [5.41, 5.74) is 5.88. The number of halogens is 3. The molecule has 29 heavy (non-hydrogen) atoms. The summed E-state index contributed by atoms with van der Waals surface area (Å²) < 4.78 is 0. The number of hydrogen-bond donors (Lipinski definition) is 2. The monoisotopic (exact) mass is 448 g/mol. The molecule has 1 aliphatic heterocycles. The maximum absolute atomic E-state index is 5.95. The van der Waals surface area contributed by atoms with Gasteiger partial charge in [0.1, 0.15) is 0 Å². The number of rotatable bonds is 5. The van der Waals surface area contributed by atoms with E-state index in [4.69, 9.17) is 23.2 Å². The highest BCUT2D eigenvalue weighted by atomic mass is 35.5. The average Bonchev–Trinajstić information content (AvgIpc) is 2.99. The van der Waals surface area contributed by atoms with Gasteiger partial charge in [-0.2, -0.15) is 5.10 Å². The van der Waals surface area contributed by atoms with E-state index >= 15 is 0 Å². The number of aliphatic imine (C=N–C) groups is 1. The summed E-state index contributed by atoms with van der Waals surface area (Å²) in [7, 11) is 0. The van der Waals surface area contributed by atoms with Gasteiger partial charge in [-0.05, 0) is 60.4 Å². The van der Waals surface area contributed by atoms with Crippen molar-refractivity contribution in [2.75, 3.05) is 13.1 Å². The van der Waals surface area contributed by atoms with Crippen LogP contribution in [-0.2, 0) is 0 Å². The van der Waals surface area contributed by atoms with Crippen LogP contribution in [0.3, 0.4) is 0 Å². The second kappa shape index (κ2) is 12.3. The first kappa shape index (κ1) is 23.0. The molecule has 0 unspecified atom stereocenters. The summed E-state index contributed by atoms with van der Waals surface area (Å²) >= 11 is 11.9. The Kier molecular flexibility index (Phi) is 9.78. The zero-order valence-electron chi connectivity index (χ0n) is 15.8. The normalized spacial score (nSPS) is 13.9. The van der Waals surface area contributed by atoms with Crippen molar-refractivity contribution in [3.8, 4) is 0 Å². The van der Waals surface area contributed by atoms with Gasteiger partial charge in [-0.15, -0.1) is 12.4 Å². The molecule has 0 spiro atoms. The van der Waals surface area contributed by atoms with E-state index < -0.39 is 0 Å². The minimum absolute atomic E-state index is 0. The summed E-state index contributed by atoms with van der Waals surface area (Å²) in [6.45, 7) is 1.71. The van der Waals surface area contributed by atoms with Crippen molar-refractivity contribution < 1.29 is 0 Å². The molecule has 0 saturated carbocycles. The van der Waals surface area contributed by atoms with Crippen LogP contribution in [-0.4, -0.2) is 24.8 Å². The van der Waals surface area contributed by atoms with E-state index in [1.807, 2.05) is 72.8 Å². The van der Waals surface area contributed by atoms with Crippen LogP contribution in [0.15, 0.2) is 70.8 Å². The summed E-state index contributed by atoms with van der Waals surface area (Å²) in [6, 6.07) is 15.3. The summed E-state index contributed by atoms with van der Waals surface area (Å²) in [5.74, 6) is 0.704. The Morgan fingerprint density at radius 1 is 0.897 bits per heavy atom. The van der Waals surface area contributed by atoms with Crippen LogP contribution in [0.5, 0.6) is 0 Å². The molecular weight excluding hydrogens is 427 g/mol. The van der Waals surface area contributed by atoms with Crippen LogP contribution in [0.1, 0.15) is 24.0 Å². The Hall–Kier alpha value is -2.27. The molecule has 2 aromatic carbocycles. The fourth-order valence-electron chi connectivity index (χ4n) is 2.52. The van der Waals surface area contributed by atoms with Gasteiger partial charge in [0.15, 0.2) is 0 Å². The van der Waals surface area contributed by atoms with Crippen molar-refractivity contribution in [2.24, 2.45) is 10.1 Å². The predicted molar refractivity (Wildman–Crippen MR) is 128 cm³/mol. The topological polar surface area (TPSA) is 48.8 Å². The molecular formula is C22H23Cl3N4. The van der Waals surface area contributed by atoms with E-state index in [-0.39, 0.29) is 12.4 Å². The van der Waals surface area contributed by atoms with Crippen LogP contribution in [0, 0.1) is 0 Å². The highest BCUT2D eigenvalue weighted by Gasteiger charge is 2.01. The molecule has 0 fully saturated rings. The summed E-state index contributed by atoms with van der Waals surface area (Å²) in [4.78, 5) is 4.46. The number of guanidine groups is 1. The van der Waals surface area contributed by atoms with Gasteiger partial charge in [0.25, 0.3) is 0 Å². The van der Waals surface area contributed by atoms with Gasteiger partial charge in [0.05, 0.1) is 5.71 Å². The highest BCUT2D eigenvalue weighted by molar-refractivity contribution is 6.30. The zero-order chi connectivity index (χ0) is 19.6. The summed E-state index contributed by atoms with van der Waals surface area (Å²) in [6.07, 6.45) is 10.1. The van der Waals surface area contributed by atoms with Gasteiger partial charge in [-0.3, -0.25) is 4.99 Å². The van der Waals surface area contributed by atoms with Crippen molar-refractivity contribution in [1.29, 1.82) is 0 Å². The number of benzene rings is 2. The first-order valence-electron chi connectivity index (χ1n) is 9.18. The maximum atomic E-state index is 5.95. The fourth-order valence-corrected chi connectivity index (χ4v) is 2.78. The Bertz CT molecular complexity index is 828. The van der Waals surface area contributed by atoms with Crippen molar-refractivity contribution in [1.82, 2.24) is 10.7 Å². The molecule has 2 aromatic rings. The largest absolute Gasteiger partial charge is 0.355 e. The first-order chi connectivity index (χ1) is 13.7. The van der Waals surface area contributed by atoms with Gasteiger partial charge in [0.2, 0.25) is 5.96 Å². The van der Waals surface area contributed by atoms with Crippen LogP contribution in [0.25, 0.3) is 12.2 Å². The second-order valence-electron chi connectivity index (χ2n) is 6.28. The number of hydrogen-bond acceptors (Lipinski definition) is 4. The van der Waals surface area contributed by atoms with Gasteiger partial charge in [0, 0.05) is 23.1 Å². The Labute approximate surface area is 187 Å². The molecule has 4 nitrogen and oxygen atoms in total. The molecule has 0 saturated heterocycles. The quantitative estimate of drug-likeness (QED) is 0.446. The summed E-state index contributed by atoms with van der Waals surface area (Å²) in [5, 5.41) is 9.18. The molecule has 0 amide bonds. The van der Waals surface area contributed by atoms with Crippen LogP contribution >= 0.6 is 35.6 Å². The third-order valence-electron chi connectivity index (χ3n) is 4.07. The Morgan fingerprint density at radius 2 is 1.45 bits per heavy atom. The lowest BCUT2D eigenvalue weighted by Crippen LogP contribution is -2.34. The molecule has 0 atom stereocenters. The lowest BCUT2D eigenvalue weighted by Gasteiger charge is -2.06. The molecule has 2 N–H and O–H groups in total. The Morgan fingerprint density at radius 3 is 2.00 bits per heavy atom. The van der Waals surface area contributed by atoms with Crippen molar-refractivity contribution in [3.63, 3.8) is 0 Å². The molecule has 0 aromatic heterocycles. The standard InChI is InChI=1S/C22H22Cl2N4.ClH/c23-19-9-3-17(4-10-19)7-13-21(14-8-18-5-11-20(24)12-6-18)27-28-22-25-15-1-2-16-26-22;/h3-14H,1-2,15-16H2,(H2,25,26,28);1H/b13-7+,14-8+;. The van der Waals surface area contributed by atoms with Crippen LogP contribution < -0.4 is 10.7 Å².